The second-order valence-electron chi connectivity index (χ2n) is 4.69. The Morgan fingerprint density at radius 2 is 1.94 bits per heavy atom. The van der Waals surface area contributed by atoms with Gasteiger partial charge in [0.25, 0.3) is 0 Å². The SMILES string of the molecule is CC(=O)c1ccc2c(c1)C1CNCC2C1.Cl. The van der Waals surface area contributed by atoms with Gasteiger partial charge in [0.1, 0.15) is 0 Å². The quantitative estimate of drug-likeness (QED) is 0.761. The van der Waals surface area contributed by atoms with Gasteiger partial charge in [-0.25, -0.2) is 0 Å². The summed E-state index contributed by atoms with van der Waals surface area (Å²) in [5, 5.41) is 3.46. The Morgan fingerprint density at radius 3 is 2.62 bits per heavy atom. The average molecular weight is 238 g/mol. The molecule has 2 atom stereocenters. The molecule has 1 aliphatic heterocycles. The van der Waals surface area contributed by atoms with Crippen LogP contribution in [0.25, 0.3) is 0 Å². The van der Waals surface area contributed by atoms with Gasteiger partial charge in [0.15, 0.2) is 5.78 Å². The number of carbonyl (C=O) groups is 1. The van der Waals surface area contributed by atoms with Crippen molar-refractivity contribution in [2.24, 2.45) is 0 Å². The summed E-state index contributed by atoms with van der Waals surface area (Å²) >= 11 is 0. The number of hydrogen-bond donors (Lipinski definition) is 1. The van der Waals surface area contributed by atoms with Crippen LogP contribution < -0.4 is 5.32 Å². The Morgan fingerprint density at radius 1 is 1.25 bits per heavy atom. The molecule has 1 aromatic carbocycles. The van der Waals surface area contributed by atoms with Gasteiger partial charge in [-0.1, -0.05) is 12.1 Å². The number of ketones is 1. The maximum absolute atomic E-state index is 11.3. The first kappa shape index (κ1) is 11.6. The van der Waals surface area contributed by atoms with Gasteiger partial charge in [0.05, 0.1) is 0 Å². The van der Waals surface area contributed by atoms with Crippen LogP contribution in [0.4, 0.5) is 0 Å². The van der Waals surface area contributed by atoms with Crippen LogP contribution in [0.3, 0.4) is 0 Å². The third kappa shape index (κ3) is 1.66. The lowest BCUT2D eigenvalue weighted by atomic mass is 9.97. The van der Waals surface area contributed by atoms with E-state index in [1.54, 1.807) is 6.92 Å². The van der Waals surface area contributed by atoms with E-state index in [4.69, 9.17) is 0 Å². The Balaban J connectivity index is 0.000000963. The highest BCUT2D eigenvalue weighted by molar-refractivity contribution is 5.94. The van der Waals surface area contributed by atoms with Crippen molar-refractivity contribution < 1.29 is 4.79 Å². The molecule has 0 saturated carbocycles. The molecule has 2 aliphatic rings. The topological polar surface area (TPSA) is 29.1 Å². The lowest BCUT2D eigenvalue weighted by Gasteiger charge is -2.19. The van der Waals surface area contributed by atoms with Gasteiger partial charge in [-0.15, -0.1) is 12.4 Å². The molecular weight excluding hydrogens is 222 g/mol. The van der Waals surface area contributed by atoms with E-state index >= 15 is 0 Å². The van der Waals surface area contributed by atoms with Crippen molar-refractivity contribution in [1.29, 1.82) is 0 Å². The van der Waals surface area contributed by atoms with Gasteiger partial charge in [-0.05, 0) is 42.4 Å². The molecule has 1 fully saturated rings. The molecule has 86 valence electrons. The van der Waals surface area contributed by atoms with E-state index < -0.39 is 0 Å². The lowest BCUT2D eigenvalue weighted by Crippen LogP contribution is -2.28. The maximum atomic E-state index is 11.3. The molecule has 2 bridgehead atoms. The Bertz CT molecular complexity index is 430. The number of benzene rings is 1. The molecule has 1 aromatic rings. The second kappa shape index (κ2) is 4.19. The lowest BCUT2D eigenvalue weighted by molar-refractivity contribution is 0.101. The summed E-state index contributed by atoms with van der Waals surface area (Å²) in [6, 6.07) is 6.24. The third-order valence-corrected chi connectivity index (χ3v) is 3.72. The molecule has 16 heavy (non-hydrogen) atoms. The smallest absolute Gasteiger partial charge is 0.159 e. The van der Waals surface area contributed by atoms with Crippen molar-refractivity contribution >= 4 is 18.2 Å². The van der Waals surface area contributed by atoms with E-state index in [1.165, 1.54) is 17.5 Å². The minimum atomic E-state index is 0. The standard InChI is InChI=1S/C13H15NO.ClH/c1-8(15)9-2-3-12-10-4-11(7-14-6-10)13(12)5-9;/h2-3,5,10-11,14H,4,6-7H2,1H3;1H. The van der Waals surface area contributed by atoms with Crippen molar-refractivity contribution in [3.8, 4) is 0 Å². The number of nitrogens with one attached hydrogen (secondary N) is 1. The van der Waals surface area contributed by atoms with Gasteiger partial charge in [-0.3, -0.25) is 4.79 Å². The van der Waals surface area contributed by atoms with Crippen LogP contribution in [0.2, 0.25) is 0 Å². The van der Waals surface area contributed by atoms with Crippen molar-refractivity contribution in [2.75, 3.05) is 13.1 Å². The summed E-state index contributed by atoms with van der Waals surface area (Å²) in [6.07, 6.45) is 1.27. The molecule has 0 amide bonds. The van der Waals surface area contributed by atoms with E-state index in [0.717, 1.165) is 18.7 Å². The second-order valence-corrected chi connectivity index (χ2v) is 4.69. The van der Waals surface area contributed by atoms with E-state index in [1.807, 2.05) is 6.07 Å². The first-order valence-electron chi connectivity index (χ1n) is 5.61. The van der Waals surface area contributed by atoms with Crippen molar-refractivity contribution in [1.82, 2.24) is 5.32 Å². The van der Waals surface area contributed by atoms with Crippen molar-refractivity contribution in [3.63, 3.8) is 0 Å². The first-order valence-corrected chi connectivity index (χ1v) is 5.61. The monoisotopic (exact) mass is 237 g/mol. The van der Waals surface area contributed by atoms with Gasteiger partial charge in [-0.2, -0.15) is 0 Å². The summed E-state index contributed by atoms with van der Waals surface area (Å²) in [5.74, 6) is 1.49. The molecule has 0 spiro atoms. The van der Waals surface area contributed by atoms with Crippen LogP contribution in [0.5, 0.6) is 0 Å². The Hall–Kier alpha value is -0.860. The summed E-state index contributed by atoms with van der Waals surface area (Å²) in [7, 11) is 0. The first-order chi connectivity index (χ1) is 7.25. The molecule has 1 aliphatic carbocycles. The predicted molar refractivity (Wildman–Crippen MR) is 66.7 cm³/mol. The van der Waals surface area contributed by atoms with Crippen LogP contribution in [0.1, 0.15) is 46.7 Å². The fourth-order valence-corrected chi connectivity index (χ4v) is 2.93. The van der Waals surface area contributed by atoms with Gasteiger partial charge < -0.3 is 5.32 Å². The fraction of sp³-hybridized carbons (Fsp3) is 0.462. The van der Waals surface area contributed by atoms with Crippen LogP contribution in [-0.4, -0.2) is 18.9 Å². The summed E-state index contributed by atoms with van der Waals surface area (Å²) in [5.41, 5.74) is 3.74. The van der Waals surface area contributed by atoms with Gasteiger partial charge in [0, 0.05) is 18.7 Å². The number of halogens is 1. The summed E-state index contributed by atoms with van der Waals surface area (Å²) in [4.78, 5) is 11.3. The number of rotatable bonds is 1. The number of carbonyl (C=O) groups excluding carboxylic acids is 1. The highest BCUT2D eigenvalue weighted by atomic mass is 35.5. The highest BCUT2D eigenvalue weighted by Crippen LogP contribution is 2.43. The predicted octanol–water partition coefficient (Wildman–Crippen LogP) is 2.49. The molecule has 2 nitrogen and oxygen atoms in total. The van der Waals surface area contributed by atoms with E-state index in [0.29, 0.717) is 11.8 Å². The minimum absolute atomic E-state index is 0. The zero-order valence-corrected chi connectivity index (χ0v) is 10.1. The summed E-state index contributed by atoms with van der Waals surface area (Å²) < 4.78 is 0. The average Bonchev–Trinajstić information content (AvgIpc) is 2.51. The number of hydrogen-bond acceptors (Lipinski definition) is 2. The van der Waals surface area contributed by atoms with Crippen molar-refractivity contribution in [2.45, 2.75) is 25.2 Å². The molecule has 1 saturated heterocycles. The van der Waals surface area contributed by atoms with Gasteiger partial charge >= 0.3 is 0 Å². The zero-order chi connectivity index (χ0) is 10.4. The number of fused-ring (bicyclic) bond motifs is 5. The molecule has 1 heterocycles. The van der Waals surface area contributed by atoms with E-state index in [2.05, 4.69) is 17.4 Å². The fourth-order valence-electron chi connectivity index (χ4n) is 2.93. The van der Waals surface area contributed by atoms with Crippen LogP contribution >= 0.6 is 12.4 Å². The molecule has 3 heteroatoms. The van der Waals surface area contributed by atoms with Gasteiger partial charge in [0.2, 0.25) is 0 Å². The molecule has 0 radical (unpaired) electrons. The third-order valence-electron chi connectivity index (χ3n) is 3.72. The van der Waals surface area contributed by atoms with Crippen LogP contribution in [0.15, 0.2) is 18.2 Å². The van der Waals surface area contributed by atoms with Crippen LogP contribution in [-0.2, 0) is 0 Å². The molecule has 3 rings (SSSR count). The largest absolute Gasteiger partial charge is 0.316 e. The minimum Gasteiger partial charge on any atom is -0.316 e. The van der Waals surface area contributed by atoms with Crippen molar-refractivity contribution in [3.05, 3.63) is 34.9 Å². The maximum Gasteiger partial charge on any atom is 0.159 e. The molecule has 1 N–H and O–H groups in total. The molecule has 0 aromatic heterocycles. The molecule has 2 unspecified atom stereocenters. The molecular formula is C13H16ClNO. The normalized spacial score (nSPS) is 25.8. The van der Waals surface area contributed by atoms with E-state index in [-0.39, 0.29) is 18.2 Å². The van der Waals surface area contributed by atoms with E-state index in [9.17, 15) is 4.79 Å². The Labute approximate surface area is 102 Å². The summed E-state index contributed by atoms with van der Waals surface area (Å²) in [6.45, 7) is 3.81. The number of piperidine rings is 1. The Kier molecular flexibility index (Phi) is 3.04. The highest BCUT2D eigenvalue weighted by Gasteiger charge is 2.34. The van der Waals surface area contributed by atoms with Crippen LogP contribution in [0, 0.1) is 0 Å². The number of Topliss-reactive ketones (excluding diaryl/α,β-unsaturated/α-hetero) is 1. The zero-order valence-electron chi connectivity index (χ0n) is 9.32.